The number of nitrogens with zero attached hydrogens (tertiary/aromatic N) is 1. The summed E-state index contributed by atoms with van der Waals surface area (Å²) in [6, 6.07) is 10.5. The Hall–Kier alpha value is -2.62. The van der Waals surface area contributed by atoms with Crippen molar-refractivity contribution in [3.63, 3.8) is 0 Å². The summed E-state index contributed by atoms with van der Waals surface area (Å²) in [5, 5.41) is 3.41. The number of sulfonamides is 1. The second kappa shape index (κ2) is 9.25. The highest BCUT2D eigenvalue weighted by Crippen LogP contribution is 2.19. The van der Waals surface area contributed by atoms with Crippen molar-refractivity contribution in [2.24, 2.45) is 13.0 Å². The first-order chi connectivity index (χ1) is 14.6. The van der Waals surface area contributed by atoms with Gasteiger partial charge in [-0.15, -0.1) is 0 Å². The van der Waals surface area contributed by atoms with Crippen molar-refractivity contribution in [2.75, 3.05) is 6.54 Å². The van der Waals surface area contributed by atoms with E-state index in [0.717, 1.165) is 5.56 Å². The van der Waals surface area contributed by atoms with Crippen molar-refractivity contribution in [1.29, 1.82) is 0 Å². The predicted octanol–water partition coefficient (Wildman–Crippen LogP) is 2.45. The average Bonchev–Trinajstić information content (AvgIpc) is 3.00. The van der Waals surface area contributed by atoms with Gasteiger partial charge >= 0.3 is 5.76 Å². The Morgan fingerprint density at radius 3 is 2.48 bits per heavy atom. The van der Waals surface area contributed by atoms with Crippen molar-refractivity contribution in [3.05, 3.63) is 63.6 Å². The molecule has 2 N–H and O–H groups in total. The number of benzene rings is 2. The maximum atomic E-state index is 12.9. The van der Waals surface area contributed by atoms with Gasteiger partial charge in [0.15, 0.2) is 5.58 Å². The molecule has 1 heterocycles. The molecule has 1 unspecified atom stereocenters. The molecule has 0 aliphatic heterocycles. The molecule has 3 aromatic rings. The largest absolute Gasteiger partial charge is 0.419 e. The molecule has 1 atom stereocenters. The lowest BCUT2D eigenvalue weighted by atomic mass is 10.0. The maximum absolute atomic E-state index is 12.9. The molecule has 0 saturated heterocycles. The number of oxazole rings is 1. The van der Waals surface area contributed by atoms with Gasteiger partial charge < -0.3 is 9.73 Å². The summed E-state index contributed by atoms with van der Waals surface area (Å²) in [7, 11) is -2.49. The van der Waals surface area contributed by atoms with E-state index in [1.807, 2.05) is 12.1 Å². The molecule has 1 amide bonds. The molecule has 166 valence electrons. The number of fused-ring (bicyclic) bond motifs is 1. The van der Waals surface area contributed by atoms with Crippen LogP contribution in [0.1, 0.15) is 19.4 Å². The number of aromatic nitrogens is 1. The molecule has 0 radical (unpaired) electrons. The van der Waals surface area contributed by atoms with E-state index in [-0.39, 0.29) is 16.4 Å². The van der Waals surface area contributed by atoms with Crippen molar-refractivity contribution in [2.45, 2.75) is 31.2 Å². The Morgan fingerprint density at radius 1 is 1.16 bits per heavy atom. The first-order valence-electron chi connectivity index (χ1n) is 9.72. The summed E-state index contributed by atoms with van der Waals surface area (Å²) in [4.78, 5) is 24.2. The van der Waals surface area contributed by atoms with Crippen molar-refractivity contribution in [1.82, 2.24) is 14.6 Å². The first-order valence-corrected chi connectivity index (χ1v) is 11.6. The minimum absolute atomic E-state index is 0.0889. The fourth-order valence-corrected chi connectivity index (χ4v) is 4.58. The van der Waals surface area contributed by atoms with E-state index >= 15 is 0 Å². The van der Waals surface area contributed by atoms with Gasteiger partial charge in [-0.1, -0.05) is 37.6 Å². The van der Waals surface area contributed by atoms with Crippen molar-refractivity contribution < 1.29 is 17.6 Å². The van der Waals surface area contributed by atoms with Crippen molar-refractivity contribution in [3.8, 4) is 0 Å². The Bertz CT molecular complexity index is 1250. The molecule has 0 fully saturated rings. The smallest absolute Gasteiger partial charge is 0.408 e. The number of halogens is 1. The van der Waals surface area contributed by atoms with Crippen LogP contribution in [0.15, 0.2) is 56.6 Å². The van der Waals surface area contributed by atoms with E-state index in [4.69, 9.17) is 16.0 Å². The van der Waals surface area contributed by atoms with Gasteiger partial charge in [0.25, 0.3) is 0 Å². The molecular weight excluding hydrogens is 442 g/mol. The van der Waals surface area contributed by atoms with Gasteiger partial charge in [-0.25, -0.2) is 13.2 Å². The van der Waals surface area contributed by atoms with Crippen LogP contribution in [0.4, 0.5) is 0 Å². The van der Waals surface area contributed by atoms with Gasteiger partial charge in [0.05, 0.1) is 10.4 Å². The van der Waals surface area contributed by atoms with Gasteiger partial charge in [0, 0.05) is 24.7 Å². The summed E-state index contributed by atoms with van der Waals surface area (Å²) in [5.41, 5.74) is 1.64. The molecule has 10 heteroatoms. The van der Waals surface area contributed by atoms with Gasteiger partial charge in [-0.2, -0.15) is 4.72 Å². The minimum Gasteiger partial charge on any atom is -0.408 e. The van der Waals surface area contributed by atoms with Crippen LogP contribution in [0.25, 0.3) is 11.1 Å². The normalized spacial score (nSPS) is 12.9. The maximum Gasteiger partial charge on any atom is 0.419 e. The molecule has 31 heavy (non-hydrogen) atoms. The molecule has 3 rings (SSSR count). The highest BCUT2D eigenvalue weighted by atomic mass is 35.5. The van der Waals surface area contributed by atoms with E-state index in [2.05, 4.69) is 10.0 Å². The number of hydrogen-bond acceptors (Lipinski definition) is 5. The topological polar surface area (TPSA) is 110 Å². The standard InChI is InChI=1S/C21H24ClN3O5S/c1-13(2)19(20(26)23-11-10-14-4-6-15(22)7-5-14)24-31(28,29)16-8-9-17-18(12-16)30-21(27)25(17)3/h4-9,12-13,19,24H,10-11H2,1-3H3,(H,23,26). The van der Waals surface area contributed by atoms with Gasteiger partial charge in [0.2, 0.25) is 15.9 Å². The zero-order valence-electron chi connectivity index (χ0n) is 17.4. The highest BCUT2D eigenvalue weighted by molar-refractivity contribution is 7.89. The summed E-state index contributed by atoms with van der Waals surface area (Å²) >= 11 is 5.87. The molecule has 0 aliphatic rings. The number of nitrogens with one attached hydrogen (secondary N) is 2. The first kappa shape index (κ1) is 23.1. The summed E-state index contributed by atoms with van der Waals surface area (Å²) in [6.07, 6.45) is 0.587. The van der Waals surface area contributed by atoms with E-state index in [0.29, 0.717) is 23.5 Å². The van der Waals surface area contributed by atoms with Crippen LogP contribution >= 0.6 is 11.6 Å². The minimum atomic E-state index is -4.02. The van der Waals surface area contributed by atoms with Crippen LogP contribution < -0.4 is 15.8 Å². The predicted molar refractivity (Wildman–Crippen MR) is 119 cm³/mol. The fourth-order valence-electron chi connectivity index (χ4n) is 3.10. The lowest BCUT2D eigenvalue weighted by Gasteiger charge is -2.21. The van der Waals surface area contributed by atoms with Gasteiger partial charge in [0.1, 0.15) is 6.04 Å². The Morgan fingerprint density at radius 2 is 1.84 bits per heavy atom. The SMILES string of the molecule is CC(C)C(NS(=O)(=O)c1ccc2c(c1)oc(=O)n2C)C(=O)NCCc1ccc(Cl)cc1. The zero-order valence-corrected chi connectivity index (χ0v) is 19.0. The number of carbonyl (C=O) groups is 1. The molecular formula is C21H24ClN3O5S. The second-order valence-electron chi connectivity index (χ2n) is 7.57. The number of hydrogen-bond donors (Lipinski definition) is 2. The van der Waals surface area contributed by atoms with Crippen LogP contribution in [0, 0.1) is 5.92 Å². The highest BCUT2D eigenvalue weighted by Gasteiger charge is 2.28. The van der Waals surface area contributed by atoms with Crippen molar-refractivity contribution >= 4 is 38.6 Å². The quantitative estimate of drug-likeness (QED) is 0.531. The number of carbonyl (C=O) groups excluding carboxylic acids is 1. The molecule has 0 bridgehead atoms. The molecule has 0 saturated carbocycles. The monoisotopic (exact) mass is 465 g/mol. The third kappa shape index (κ3) is 5.36. The van der Waals surface area contributed by atoms with E-state index in [1.54, 1.807) is 26.0 Å². The van der Waals surface area contributed by atoms with E-state index < -0.39 is 27.7 Å². The summed E-state index contributed by atoms with van der Waals surface area (Å²) in [5.74, 6) is -1.29. The molecule has 2 aromatic carbocycles. The molecule has 0 spiro atoms. The molecule has 8 nitrogen and oxygen atoms in total. The van der Waals surface area contributed by atoms with Gasteiger partial charge in [-0.3, -0.25) is 9.36 Å². The molecule has 1 aromatic heterocycles. The number of rotatable bonds is 8. The number of amides is 1. The number of aryl methyl sites for hydroxylation is 1. The Kier molecular flexibility index (Phi) is 6.88. The average molecular weight is 466 g/mol. The third-order valence-corrected chi connectivity index (χ3v) is 6.62. The third-order valence-electron chi connectivity index (χ3n) is 4.93. The summed E-state index contributed by atoms with van der Waals surface area (Å²) in [6.45, 7) is 3.86. The van der Waals surface area contributed by atoms with Crippen LogP contribution in [0.5, 0.6) is 0 Å². The van der Waals surface area contributed by atoms with Gasteiger partial charge in [-0.05, 0) is 42.2 Å². The van der Waals surface area contributed by atoms with Crippen LogP contribution in [-0.2, 0) is 28.3 Å². The fraction of sp³-hybridized carbons (Fsp3) is 0.333. The summed E-state index contributed by atoms with van der Waals surface area (Å²) < 4.78 is 34.6. The lowest BCUT2D eigenvalue weighted by Crippen LogP contribution is -2.49. The lowest BCUT2D eigenvalue weighted by molar-refractivity contribution is -0.123. The van der Waals surface area contributed by atoms with E-state index in [1.165, 1.54) is 29.8 Å². The van der Waals surface area contributed by atoms with E-state index in [9.17, 15) is 18.0 Å². The Balaban J connectivity index is 1.71. The van der Waals surface area contributed by atoms with Crippen LogP contribution in [-0.4, -0.2) is 31.5 Å². The molecule has 0 aliphatic carbocycles. The second-order valence-corrected chi connectivity index (χ2v) is 9.72. The zero-order chi connectivity index (χ0) is 22.8. The Labute approximate surface area is 185 Å². The van der Waals surface area contributed by atoms with Crippen LogP contribution in [0.3, 0.4) is 0 Å². The van der Waals surface area contributed by atoms with Crippen LogP contribution in [0.2, 0.25) is 5.02 Å².